The Kier molecular flexibility index (Phi) is 7.66. The molecule has 2 aromatic rings. The number of benzene rings is 2. The van der Waals surface area contributed by atoms with E-state index in [0.29, 0.717) is 18.6 Å². The van der Waals surface area contributed by atoms with Crippen molar-refractivity contribution in [3.05, 3.63) is 65.7 Å². The minimum Gasteiger partial charge on any atom is -0.497 e. The highest BCUT2D eigenvalue weighted by Crippen LogP contribution is 2.46. The molecule has 0 aromatic heterocycles. The van der Waals surface area contributed by atoms with Crippen LogP contribution in [0, 0.1) is 5.41 Å². The average molecular weight is 506 g/mol. The molecule has 1 heterocycles. The molecule has 3 N–H and O–H groups in total. The highest BCUT2D eigenvalue weighted by molar-refractivity contribution is 5.99. The average Bonchev–Trinajstić information content (AvgIpc) is 3.55. The monoisotopic (exact) mass is 505 g/mol. The first-order chi connectivity index (χ1) is 17.6. The number of ketones is 1. The van der Waals surface area contributed by atoms with Gasteiger partial charge in [-0.3, -0.25) is 19.2 Å². The SMILES string of the molecule is COc1ccc(C[C@H](NC(=O)[C@]2(C)CCC(=O)N2)C(=O)N[C@@H](Cc2ccccc2)C(=O)C2(C)CC2)cc1. The largest absolute Gasteiger partial charge is 0.497 e. The molecule has 8 nitrogen and oxygen atoms in total. The van der Waals surface area contributed by atoms with Crippen LogP contribution in [0.2, 0.25) is 0 Å². The van der Waals surface area contributed by atoms with E-state index < -0.39 is 34.9 Å². The van der Waals surface area contributed by atoms with Gasteiger partial charge in [0.1, 0.15) is 17.3 Å². The summed E-state index contributed by atoms with van der Waals surface area (Å²) in [4.78, 5) is 52.0. The Labute approximate surface area is 217 Å². The maximum Gasteiger partial charge on any atom is 0.246 e. The smallest absolute Gasteiger partial charge is 0.246 e. The summed E-state index contributed by atoms with van der Waals surface area (Å²) >= 11 is 0. The van der Waals surface area contributed by atoms with Crippen molar-refractivity contribution in [2.45, 2.75) is 70.0 Å². The fourth-order valence-electron chi connectivity index (χ4n) is 4.68. The van der Waals surface area contributed by atoms with E-state index in [4.69, 9.17) is 4.74 Å². The van der Waals surface area contributed by atoms with E-state index in [9.17, 15) is 19.2 Å². The van der Waals surface area contributed by atoms with Crippen LogP contribution in [0.25, 0.3) is 0 Å². The lowest BCUT2D eigenvalue weighted by Gasteiger charge is -2.28. The normalized spacial score (nSPS) is 21.3. The highest BCUT2D eigenvalue weighted by Gasteiger charge is 2.48. The van der Waals surface area contributed by atoms with Crippen molar-refractivity contribution in [2.75, 3.05) is 7.11 Å². The van der Waals surface area contributed by atoms with Crippen LogP contribution in [-0.2, 0) is 32.0 Å². The van der Waals surface area contributed by atoms with Crippen molar-refractivity contribution in [1.29, 1.82) is 0 Å². The Hall–Kier alpha value is -3.68. The van der Waals surface area contributed by atoms with Crippen LogP contribution in [0.5, 0.6) is 5.75 Å². The van der Waals surface area contributed by atoms with Crippen LogP contribution in [0.1, 0.15) is 50.7 Å². The van der Waals surface area contributed by atoms with Gasteiger partial charge in [0.25, 0.3) is 0 Å². The Bertz CT molecular complexity index is 1160. The standard InChI is InChI=1S/C29H35N3O5/c1-28(15-16-28)25(34)22(17-19-7-5-4-6-8-19)30-26(35)23(18-20-9-11-21(37-3)12-10-20)31-27(36)29(2)14-13-24(33)32-29/h4-12,22-23H,13-18H2,1-3H3,(H,30,35)(H,31,36)(H,32,33)/t22-,23-,29-/m0/s1. The summed E-state index contributed by atoms with van der Waals surface area (Å²) in [7, 11) is 1.58. The molecule has 0 radical (unpaired) electrons. The molecule has 2 fully saturated rings. The molecule has 196 valence electrons. The molecule has 3 amide bonds. The van der Waals surface area contributed by atoms with Crippen LogP contribution < -0.4 is 20.7 Å². The summed E-state index contributed by atoms with van der Waals surface area (Å²) in [5.41, 5.74) is 0.253. The van der Waals surface area contributed by atoms with Crippen LogP contribution in [-0.4, -0.2) is 48.2 Å². The summed E-state index contributed by atoms with van der Waals surface area (Å²) in [6.07, 6.45) is 2.80. The maximum absolute atomic E-state index is 13.7. The lowest BCUT2D eigenvalue weighted by atomic mass is 9.92. The third kappa shape index (κ3) is 6.37. The first-order valence-corrected chi connectivity index (χ1v) is 12.8. The van der Waals surface area contributed by atoms with E-state index in [0.717, 1.165) is 24.0 Å². The minimum atomic E-state index is -1.09. The van der Waals surface area contributed by atoms with Gasteiger partial charge in [0, 0.05) is 18.3 Å². The van der Waals surface area contributed by atoms with Gasteiger partial charge in [0.15, 0.2) is 5.78 Å². The Morgan fingerprint density at radius 2 is 1.51 bits per heavy atom. The second kappa shape index (κ2) is 10.7. The van der Waals surface area contributed by atoms with E-state index in [1.807, 2.05) is 49.4 Å². The zero-order chi connectivity index (χ0) is 26.6. The van der Waals surface area contributed by atoms with Crippen molar-refractivity contribution < 1.29 is 23.9 Å². The Morgan fingerprint density at radius 1 is 0.892 bits per heavy atom. The predicted octanol–water partition coefficient (Wildman–Crippen LogP) is 2.49. The van der Waals surface area contributed by atoms with E-state index >= 15 is 0 Å². The molecule has 4 rings (SSSR count). The van der Waals surface area contributed by atoms with Crippen molar-refractivity contribution >= 4 is 23.5 Å². The molecular weight excluding hydrogens is 470 g/mol. The zero-order valence-corrected chi connectivity index (χ0v) is 21.6. The predicted molar refractivity (Wildman–Crippen MR) is 139 cm³/mol. The number of hydrogen-bond acceptors (Lipinski definition) is 5. The van der Waals surface area contributed by atoms with Gasteiger partial charge in [-0.1, -0.05) is 49.4 Å². The molecule has 1 saturated carbocycles. The molecular formula is C29H35N3O5. The van der Waals surface area contributed by atoms with Crippen molar-refractivity contribution in [3.63, 3.8) is 0 Å². The number of methoxy groups -OCH3 is 1. The second-order valence-electron chi connectivity index (χ2n) is 10.6. The first kappa shape index (κ1) is 26.4. The van der Waals surface area contributed by atoms with E-state index in [1.54, 1.807) is 26.2 Å². The van der Waals surface area contributed by atoms with E-state index in [1.165, 1.54) is 0 Å². The molecule has 0 spiro atoms. The van der Waals surface area contributed by atoms with Gasteiger partial charge >= 0.3 is 0 Å². The molecule has 37 heavy (non-hydrogen) atoms. The number of hydrogen-bond donors (Lipinski definition) is 3. The molecule has 2 aliphatic rings. The summed E-state index contributed by atoms with van der Waals surface area (Å²) in [6, 6.07) is 15.2. The molecule has 1 aliphatic carbocycles. The third-order valence-corrected chi connectivity index (χ3v) is 7.50. The molecule has 8 heteroatoms. The highest BCUT2D eigenvalue weighted by atomic mass is 16.5. The second-order valence-corrected chi connectivity index (χ2v) is 10.6. The van der Waals surface area contributed by atoms with Gasteiger partial charge in [0.05, 0.1) is 13.2 Å². The number of nitrogens with one attached hydrogen (secondary N) is 3. The van der Waals surface area contributed by atoms with Crippen molar-refractivity contribution in [1.82, 2.24) is 16.0 Å². The minimum absolute atomic E-state index is 0.00856. The van der Waals surface area contributed by atoms with Crippen LogP contribution in [0.4, 0.5) is 0 Å². The van der Waals surface area contributed by atoms with Gasteiger partial charge in [-0.2, -0.15) is 0 Å². The zero-order valence-electron chi connectivity index (χ0n) is 21.6. The van der Waals surface area contributed by atoms with E-state index in [-0.39, 0.29) is 24.5 Å². The fraction of sp³-hybridized carbons (Fsp3) is 0.448. The van der Waals surface area contributed by atoms with Crippen molar-refractivity contribution in [2.24, 2.45) is 5.41 Å². The van der Waals surface area contributed by atoms with Gasteiger partial charge in [0.2, 0.25) is 17.7 Å². The number of amides is 3. The number of carbonyl (C=O) groups excluding carboxylic acids is 4. The third-order valence-electron chi connectivity index (χ3n) is 7.50. The Morgan fingerprint density at radius 3 is 2.08 bits per heavy atom. The van der Waals surface area contributed by atoms with Crippen LogP contribution >= 0.6 is 0 Å². The van der Waals surface area contributed by atoms with Gasteiger partial charge in [-0.05, 0) is 55.9 Å². The molecule has 2 aromatic carbocycles. The number of carbonyl (C=O) groups is 4. The van der Waals surface area contributed by atoms with Gasteiger partial charge in [-0.15, -0.1) is 0 Å². The lowest BCUT2D eigenvalue weighted by Crippen LogP contribution is -2.59. The molecule has 1 aliphatic heterocycles. The van der Waals surface area contributed by atoms with Crippen LogP contribution in [0.15, 0.2) is 54.6 Å². The topological polar surface area (TPSA) is 114 Å². The fourth-order valence-corrected chi connectivity index (χ4v) is 4.68. The maximum atomic E-state index is 13.7. The van der Waals surface area contributed by atoms with Crippen LogP contribution in [0.3, 0.4) is 0 Å². The molecule has 1 saturated heterocycles. The number of rotatable bonds is 11. The van der Waals surface area contributed by atoms with Gasteiger partial charge in [-0.25, -0.2) is 0 Å². The first-order valence-electron chi connectivity index (χ1n) is 12.8. The Balaban J connectivity index is 1.55. The van der Waals surface area contributed by atoms with Gasteiger partial charge < -0.3 is 20.7 Å². The number of ether oxygens (including phenoxy) is 1. The quantitative estimate of drug-likeness (QED) is 0.434. The van der Waals surface area contributed by atoms with Crippen molar-refractivity contribution in [3.8, 4) is 5.75 Å². The molecule has 3 atom stereocenters. The molecule has 0 bridgehead atoms. The number of Topliss-reactive ketones (excluding diaryl/α,β-unsaturated/α-hetero) is 1. The summed E-state index contributed by atoms with van der Waals surface area (Å²) in [5.74, 6) is -0.363. The van der Waals surface area contributed by atoms with E-state index in [2.05, 4.69) is 16.0 Å². The summed E-state index contributed by atoms with van der Waals surface area (Å²) in [6.45, 7) is 3.59. The molecule has 0 unspecified atom stereocenters. The summed E-state index contributed by atoms with van der Waals surface area (Å²) < 4.78 is 5.22. The lowest BCUT2D eigenvalue weighted by molar-refractivity contribution is -0.135. The summed E-state index contributed by atoms with van der Waals surface area (Å²) in [5, 5.41) is 8.53.